The van der Waals surface area contributed by atoms with Gasteiger partial charge in [-0.25, -0.2) is 9.69 Å². The van der Waals surface area contributed by atoms with Crippen LogP contribution in [0.1, 0.15) is 33.3 Å². The Labute approximate surface area is 169 Å². The van der Waals surface area contributed by atoms with Crippen molar-refractivity contribution >= 4 is 20.3 Å². The van der Waals surface area contributed by atoms with Crippen LogP contribution in [-0.2, 0) is 20.4 Å². The van der Waals surface area contributed by atoms with Crippen molar-refractivity contribution in [3.63, 3.8) is 0 Å². The first-order valence-corrected chi connectivity index (χ1v) is 12.7. The van der Waals surface area contributed by atoms with Gasteiger partial charge in [-0.05, 0) is 37.0 Å². The number of amides is 2. The highest BCUT2D eigenvalue weighted by Gasteiger charge is 2.44. The van der Waals surface area contributed by atoms with E-state index >= 15 is 0 Å². The molecule has 28 heavy (non-hydrogen) atoms. The van der Waals surface area contributed by atoms with Crippen LogP contribution in [0.5, 0.6) is 0 Å². The fraction of sp³-hybridized carbons (Fsp3) is 0.545. The van der Waals surface area contributed by atoms with Crippen molar-refractivity contribution in [1.29, 1.82) is 0 Å². The number of cyclic esters (lactones) is 1. The van der Waals surface area contributed by atoms with E-state index in [0.29, 0.717) is 6.42 Å². The maximum atomic E-state index is 13.3. The van der Waals surface area contributed by atoms with Gasteiger partial charge in [0.15, 0.2) is 8.32 Å². The third-order valence-electron chi connectivity index (χ3n) is 5.84. The van der Waals surface area contributed by atoms with Gasteiger partial charge in [0.25, 0.3) is 0 Å². The lowest BCUT2D eigenvalue weighted by Crippen LogP contribution is -2.50. The van der Waals surface area contributed by atoms with Crippen LogP contribution in [0.4, 0.5) is 4.79 Å². The van der Waals surface area contributed by atoms with E-state index in [1.807, 2.05) is 37.3 Å². The fourth-order valence-corrected chi connectivity index (χ4v) is 4.57. The number of carbonyl (C=O) groups excluding carboxylic acids is 2. The number of benzene rings is 1. The summed E-state index contributed by atoms with van der Waals surface area (Å²) in [5.74, 6) is -0.900. The first-order chi connectivity index (χ1) is 13.0. The van der Waals surface area contributed by atoms with Crippen molar-refractivity contribution in [3.05, 3.63) is 48.6 Å². The number of imide groups is 1. The molecule has 0 bridgehead atoms. The molecule has 6 heteroatoms. The van der Waals surface area contributed by atoms with Crippen LogP contribution in [0.25, 0.3) is 0 Å². The number of hydrogen-bond acceptors (Lipinski definition) is 4. The molecular weight excluding hydrogens is 370 g/mol. The van der Waals surface area contributed by atoms with Crippen molar-refractivity contribution in [2.45, 2.75) is 64.4 Å². The SMILES string of the molecule is C=CC(C(=O)N1C(=O)OC[C@H]1Cc1ccccc1)C(C)O[Si](C)(C)C(C)(C)C. The Hall–Kier alpha value is -1.92. The highest BCUT2D eigenvalue weighted by Crippen LogP contribution is 2.38. The predicted molar refractivity (Wildman–Crippen MR) is 114 cm³/mol. The fourth-order valence-electron chi connectivity index (χ4n) is 3.14. The standard InChI is InChI=1S/C22H33NO4Si/c1-8-19(16(2)27-28(6,7)22(3,4)5)20(24)23-18(15-26-21(23)25)14-17-12-10-9-11-13-17/h8-13,16,18-19H,1,14-15H2,2-7H3/t16?,18-,19?/m1/s1. The molecule has 1 fully saturated rings. The minimum atomic E-state index is -2.06. The topological polar surface area (TPSA) is 55.8 Å². The summed E-state index contributed by atoms with van der Waals surface area (Å²) < 4.78 is 11.6. The molecule has 1 saturated heterocycles. The number of hydrogen-bond donors (Lipinski definition) is 0. The molecule has 0 spiro atoms. The molecule has 3 atom stereocenters. The van der Waals surface area contributed by atoms with E-state index in [1.165, 1.54) is 4.90 Å². The largest absolute Gasteiger partial charge is 0.447 e. The lowest BCUT2D eigenvalue weighted by Gasteiger charge is -2.40. The van der Waals surface area contributed by atoms with E-state index in [1.54, 1.807) is 6.08 Å². The normalized spacial score (nSPS) is 19.9. The van der Waals surface area contributed by atoms with E-state index in [9.17, 15) is 9.59 Å². The highest BCUT2D eigenvalue weighted by molar-refractivity contribution is 6.74. The molecule has 1 aliphatic heterocycles. The summed E-state index contributed by atoms with van der Waals surface area (Å²) in [6.45, 7) is 16.7. The summed E-state index contributed by atoms with van der Waals surface area (Å²) in [6.07, 6.45) is 1.21. The Kier molecular flexibility index (Phi) is 6.88. The summed E-state index contributed by atoms with van der Waals surface area (Å²) in [5.41, 5.74) is 1.06. The third-order valence-corrected chi connectivity index (χ3v) is 10.4. The Morgan fingerprint density at radius 3 is 2.50 bits per heavy atom. The van der Waals surface area contributed by atoms with Crippen molar-refractivity contribution in [3.8, 4) is 0 Å². The summed E-state index contributed by atoms with van der Waals surface area (Å²) in [4.78, 5) is 26.8. The molecule has 1 aromatic carbocycles. The summed E-state index contributed by atoms with van der Waals surface area (Å²) >= 11 is 0. The molecular formula is C22H33NO4Si. The van der Waals surface area contributed by atoms with E-state index in [0.717, 1.165) is 5.56 Å². The zero-order chi connectivity index (χ0) is 21.1. The average Bonchev–Trinajstić information content (AvgIpc) is 2.95. The number of ether oxygens (including phenoxy) is 1. The minimum absolute atomic E-state index is 0.0262. The second-order valence-corrected chi connectivity index (χ2v) is 13.7. The molecule has 0 aliphatic carbocycles. The Morgan fingerprint density at radius 1 is 1.36 bits per heavy atom. The highest BCUT2D eigenvalue weighted by atomic mass is 28.4. The summed E-state index contributed by atoms with van der Waals surface area (Å²) in [6, 6.07) is 9.49. The third kappa shape index (κ3) is 4.91. The first kappa shape index (κ1) is 22.4. The Balaban J connectivity index is 2.17. The van der Waals surface area contributed by atoms with Crippen molar-refractivity contribution < 1.29 is 18.8 Å². The van der Waals surface area contributed by atoms with Gasteiger partial charge in [-0.2, -0.15) is 0 Å². The molecule has 0 N–H and O–H groups in total. The second-order valence-electron chi connectivity index (χ2n) is 8.97. The van der Waals surface area contributed by atoms with Gasteiger partial charge in [-0.1, -0.05) is 57.2 Å². The minimum Gasteiger partial charge on any atom is -0.447 e. The molecule has 2 amide bonds. The Bertz CT molecular complexity index is 711. The van der Waals surface area contributed by atoms with Gasteiger partial charge >= 0.3 is 6.09 Å². The van der Waals surface area contributed by atoms with Gasteiger partial charge in [-0.15, -0.1) is 6.58 Å². The number of carbonyl (C=O) groups is 2. The molecule has 5 nitrogen and oxygen atoms in total. The Morgan fingerprint density at radius 2 is 1.96 bits per heavy atom. The van der Waals surface area contributed by atoms with Gasteiger partial charge in [0.2, 0.25) is 5.91 Å². The monoisotopic (exact) mass is 403 g/mol. The van der Waals surface area contributed by atoms with Crippen LogP contribution in [0.2, 0.25) is 18.1 Å². The quantitative estimate of drug-likeness (QED) is 0.485. The maximum absolute atomic E-state index is 13.3. The number of nitrogens with zero attached hydrogens (tertiary/aromatic N) is 1. The molecule has 0 aromatic heterocycles. The van der Waals surface area contributed by atoms with Crippen molar-refractivity contribution in [2.75, 3.05) is 6.61 Å². The molecule has 1 heterocycles. The first-order valence-electron chi connectivity index (χ1n) is 9.82. The molecule has 1 aromatic rings. The second kappa shape index (κ2) is 8.62. The lowest BCUT2D eigenvalue weighted by molar-refractivity contribution is -0.134. The molecule has 0 radical (unpaired) electrons. The van der Waals surface area contributed by atoms with E-state index < -0.39 is 20.3 Å². The van der Waals surface area contributed by atoms with Crippen LogP contribution < -0.4 is 0 Å². The van der Waals surface area contributed by atoms with Crippen LogP contribution in [0, 0.1) is 5.92 Å². The molecule has 154 valence electrons. The number of rotatable bonds is 7. The van der Waals surface area contributed by atoms with E-state index in [-0.39, 0.29) is 29.7 Å². The lowest BCUT2D eigenvalue weighted by atomic mass is 10.00. The summed E-state index contributed by atoms with van der Waals surface area (Å²) in [7, 11) is -2.06. The molecule has 1 aliphatic rings. The van der Waals surface area contributed by atoms with Gasteiger partial charge in [0.1, 0.15) is 6.61 Å². The summed E-state index contributed by atoms with van der Waals surface area (Å²) in [5, 5.41) is 0.0262. The molecule has 2 unspecified atom stereocenters. The van der Waals surface area contributed by atoms with Gasteiger partial charge in [-0.3, -0.25) is 4.79 Å². The van der Waals surface area contributed by atoms with Gasteiger partial charge in [0, 0.05) is 0 Å². The molecule has 2 rings (SSSR count). The van der Waals surface area contributed by atoms with Crippen LogP contribution in [-0.4, -0.2) is 44.0 Å². The zero-order valence-electron chi connectivity index (χ0n) is 17.9. The predicted octanol–water partition coefficient (Wildman–Crippen LogP) is 4.79. The smallest absolute Gasteiger partial charge is 0.417 e. The van der Waals surface area contributed by atoms with Crippen molar-refractivity contribution in [2.24, 2.45) is 5.92 Å². The van der Waals surface area contributed by atoms with Crippen LogP contribution in [0.3, 0.4) is 0 Å². The van der Waals surface area contributed by atoms with Gasteiger partial charge in [0.05, 0.1) is 18.1 Å². The van der Waals surface area contributed by atoms with Gasteiger partial charge < -0.3 is 9.16 Å². The average molecular weight is 404 g/mol. The van der Waals surface area contributed by atoms with Crippen LogP contribution in [0.15, 0.2) is 43.0 Å². The van der Waals surface area contributed by atoms with Crippen molar-refractivity contribution in [1.82, 2.24) is 4.90 Å². The maximum Gasteiger partial charge on any atom is 0.417 e. The van der Waals surface area contributed by atoms with Crippen LogP contribution >= 0.6 is 0 Å². The molecule has 0 saturated carbocycles. The zero-order valence-corrected chi connectivity index (χ0v) is 18.9. The van der Waals surface area contributed by atoms with E-state index in [4.69, 9.17) is 9.16 Å². The van der Waals surface area contributed by atoms with E-state index in [2.05, 4.69) is 40.4 Å².